The summed E-state index contributed by atoms with van der Waals surface area (Å²) in [6.45, 7) is 2.24. The summed E-state index contributed by atoms with van der Waals surface area (Å²) in [5.74, 6) is 1.15. The van der Waals surface area contributed by atoms with Crippen LogP contribution in [0, 0.1) is 0 Å². The summed E-state index contributed by atoms with van der Waals surface area (Å²) < 4.78 is 11.1. The lowest BCUT2D eigenvalue weighted by Crippen LogP contribution is -2.29. The third kappa shape index (κ3) is 4.01. The van der Waals surface area contributed by atoms with Crippen molar-refractivity contribution < 1.29 is 13.9 Å². The van der Waals surface area contributed by atoms with E-state index in [4.69, 9.17) is 9.15 Å². The van der Waals surface area contributed by atoms with E-state index >= 15 is 0 Å². The van der Waals surface area contributed by atoms with E-state index in [0.29, 0.717) is 23.1 Å². The number of carbonyl (C=O) groups is 1. The normalized spacial score (nSPS) is 14.1. The second-order valence-electron chi connectivity index (χ2n) is 6.59. The van der Waals surface area contributed by atoms with Crippen LogP contribution >= 0.6 is 11.3 Å². The number of aromatic nitrogens is 2. The lowest BCUT2D eigenvalue weighted by Gasteiger charge is -2.29. The lowest BCUT2D eigenvalue weighted by molar-refractivity contribution is 0.0944. The number of nitrogens with one attached hydrogen (secondary N) is 1. The maximum atomic E-state index is 12.6. The molecule has 3 aromatic rings. The number of hydrogen-bond acceptors (Lipinski definition) is 7. The molecule has 3 heterocycles. The smallest absolute Gasteiger partial charge is 0.257 e. The standard InChI is InChI=1S/C20H22N4O3S/c1-26-16-12-14(24-9-3-2-4-10-24)7-8-15(16)19(25)21-13-18-22-23-20(27-18)17-6-5-11-28-17/h5-8,11-12H,2-4,9-10,13H2,1H3,(H,21,25). The van der Waals surface area contributed by atoms with Gasteiger partial charge in [-0.2, -0.15) is 0 Å². The molecule has 0 atom stereocenters. The Balaban J connectivity index is 1.42. The van der Waals surface area contributed by atoms with E-state index in [2.05, 4.69) is 20.4 Å². The van der Waals surface area contributed by atoms with Gasteiger partial charge in [0.05, 0.1) is 24.1 Å². The van der Waals surface area contributed by atoms with Gasteiger partial charge >= 0.3 is 0 Å². The zero-order chi connectivity index (χ0) is 19.3. The summed E-state index contributed by atoms with van der Waals surface area (Å²) >= 11 is 1.52. The average Bonchev–Trinajstić information content (AvgIpc) is 3.44. The topological polar surface area (TPSA) is 80.5 Å². The van der Waals surface area contributed by atoms with E-state index in [9.17, 15) is 4.79 Å². The van der Waals surface area contributed by atoms with Gasteiger partial charge in [0, 0.05) is 24.8 Å². The largest absolute Gasteiger partial charge is 0.496 e. The van der Waals surface area contributed by atoms with E-state index in [1.54, 1.807) is 7.11 Å². The van der Waals surface area contributed by atoms with Crippen molar-refractivity contribution >= 4 is 22.9 Å². The van der Waals surface area contributed by atoms with Gasteiger partial charge in [0.15, 0.2) is 0 Å². The predicted molar refractivity (Wildman–Crippen MR) is 108 cm³/mol. The van der Waals surface area contributed by atoms with Crippen LogP contribution < -0.4 is 15.0 Å². The number of methoxy groups -OCH3 is 1. The van der Waals surface area contributed by atoms with Crippen molar-refractivity contribution in [1.29, 1.82) is 0 Å². The van der Waals surface area contributed by atoms with Gasteiger partial charge in [0.2, 0.25) is 5.89 Å². The Labute approximate surface area is 167 Å². The third-order valence-corrected chi connectivity index (χ3v) is 5.61. The summed E-state index contributed by atoms with van der Waals surface area (Å²) in [6, 6.07) is 9.55. The van der Waals surface area contributed by atoms with Crippen molar-refractivity contribution in [1.82, 2.24) is 15.5 Å². The molecule has 0 bridgehead atoms. The number of thiophene rings is 1. The van der Waals surface area contributed by atoms with Crippen LogP contribution in [-0.2, 0) is 6.54 Å². The molecular weight excluding hydrogens is 376 g/mol. The number of carbonyl (C=O) groups excluding carboxylic acids is 1. The zero-order valence-electron chi connectivity index (χ0n) is 15.7. The number of anilines is 1. The summed E-state index contributed by atoms with van der Waals surface area (Å²) in [7, 11) is 1.58. The molecule has 0 radical (unpaired) electrons. The molecule has 1 aliphatic heterocycles. The second kappa shape index (κ2) is 8.43. The van der Waals surface area contributed by atoms with Gasteiger partial charge in [0.1, 0.15) is 5.75 Å². The third-order valence-electron chi connectivity index (χ3n) is 4.75. The van der Waals surface area contributed by atoms with Gasteiger partial charge in [0.25, 0.3) is 11.8 Å². The summed E-state index contributed by atoms with van der Waals surface area (Å²) in [5.41, 5.74) is 1.58. The molecule has 0 spiro atoms. The minimum absolute atomic E-state index is 0.161. The molecule has 0 unspecified atom stereocenters. The summed E-state index contributed by atoms with van der Waals surface area (Å²) in [5, 5.41) is 12.8. The Morgan fingerprint density at radius 1 is 1.25 bits per heavy atom. The predicted octanol–water partition coefficient (Wildman–Crippen LogP) is 3.73. The molecule has 1 aliphatic rings. The first kappa shape index (κ1) is 18.5. The van der Waals surface area contributed by atoms with Gasteiger partial charge in [-0.1, -0.05) is 6.07 Å². The average molecular weight is 398 g/mol. The highest BCUT2D eigenvalue weighted by molar-refractivity contribution is 7.13. The van der Waals surface area contributed by atoms with Crippen LogP contribution in [0.2, 0.25) is 0 Å². The molecule has 1 N–H and O–H groups in total. The molecule has 1 fully saturated rings. The number of hydrogen-bond donors (Lipinski definition) is 1. The fourth-order valence-corrected chi connectivity index (χ4v) is 3.94. The first-order valence-corrected chi connectivity index (χ1v) is 10.2. The summed E-state index contributed by atoms with van der Waals surface area (Å²) in [6.07, 6.45) is 3.67. The molecule has 0 saturated carbocycles. The number of piperidine rings is 1. The van der Waals surface area contributed by atoms with E-state index in [-0.39, 0.29) is 12.5 Å². The zero-order valence-corrected chi connectivity index (χ0v) is 16.5. The summed E-state index contributed by atoms with van der Waals surface area (Å²) in [4.78, 5) is 15.9. The Kier molecular flexibility index (Phi) is 5.57. The maximum absolute atomic E-state index is 12.6. The SMILES string of the molecule is COc1cc(N2CCCCC2)ccc1C(=O)NCc1nnc(-c2cccs2)o1. The van der Waals surface area contributed by atoms with Gasteiger partial charge in [-0.05, 0) is 42.8 Å². The molecule has 4 rings (SSSR count). The minimum atomic E-state index is -0.238. The second-order valence-corrected chi connectivity index (χ2v) is 7.54. The fourth-order valence-electron chi connectivity index (χ4n) is 3.29. The van der Waals surface area contributed by atoms with Crippen molar-refractivity contribution in [2.75, 3.05) is 25.1 Å². The van der Waals surface area contributed by atoms with E-state index in [0.717, 1.165) is 23.7 Å². The van der Waals surface area contributed by atoms with Crippen molar-refractivity contribution in [3.63, 3.8) is 0 Å². The fraction of sp³-hybridized carbons (Fsp3) is 0.350. The van der Waals surface area contributed by atoms with Gasteiger partial charge in [-0.25, -0.2) is 0 Å². The van der Waals surface area contributed by atoms with E-state index in [1.165, 1.54) is 30.6 Å². The highest BCUT2D eigenvalue weighted by Gasteiger charge is 2.17. The number of benzene rings is 1. The molecular formula is C20H22N4O3S. The lowest BCUT2D eigenvalue weighted by atomic mass is 10.1. The quantitative estimate of drug-likeness (QED) is 0.682. The minimum Gasteiger partial charge on any atom is -0.496 e. The van der Waals surface area contributed by atoms with Crippen LogP contribution in [-0.4, -0.2) is 36.3 Å². The maximum Gasteiger partial charge on any atom is 0.257 e. The van der Waals surface area contributed by atoms with Gasteiger partial charge in [-0.15, -0.1) is 21.5 Å². The van der Waals surface area contributed by atoms with Gasteiger partial charge in [-0.3, -0.25) is 4.79 Å². The van der Waals surface area contributed by atoms with Crippen LogP contribution in [0.15, 0.2) is 40.1 Å². The molecule has 146 valence electrons. The molecule has 1 aromatic carbocycles. The van der Waals surface area contributed by atoms with Crippen molar-refractivity contribution in [2.45, 2.75) is 25.8 Å². The van der Waals surface area contributed by atoms with Crippen LogP contribution in [0.3, 0.4) is 0 Å². The first-order chi connectivity index (χ1) is 13.7. The van der Waals surface area contributed by atoms with E-state index < -0.39 is 0 Å². The Hall–Kier alpha value is -2.87. The Morgan fingerprint density at radius 3 is 2.86 bits per heavy atom. The van der Waals surface area contributed by atoms with E-state index in [1.807, 2.05) is 35.7 Å². The van der Waals surface area contributed by atoms with Gasteiger partial charge < -0.3 is 19.4 Å². The molecule has 7 nitrogen and oxygen atoms in total. The number of amides is 1. The number of ether oxygens (including phenoxy) is 1. The van der Waals surface area contributed by atoms with Crippen LogP contribution in [0.5, 0.6) is 5.75 Å². The number of rotatable bonds is 6. The monoisotopic (exact) mass is 398 g/mol. The Bertz CT molecular complexity index is 933. The Morgan fingerprint density at radius 2 is 2.11 bits per heavy atom. The van der Waals surface area contributed by atoms with Crippen LogP contribution in [0.4, 0.5) is 5.69 Å². The highest BCUT2D eigenvalue weighted by atomic mass is 32.1. The molecule has 8 heteroatoms. The molecule has 2 aromatic heterocycles. The van der Waals surface area contributed by atoms with Crippen LogP contribution in [0.1, 0.15) is 35.5 Å². The molecule has 0 aliphatic carbocycles. The van der Waals surface area contributed by atoms with Crippen molar-refractivity contribution in [3.8, 4) is 16.5 Å². The highest BCUT2D eigenvalue weighted by Crippen LogP contribution is 2.28. The molecule has 28 heavy (non-hydrogen) atoms. The van der Waals surface area contributed by atoms with Crippen molar-refractivity contribution in [2.24, 2.45) is 0 Å². The first-order valence-electron chi connectivity index (χ1n) is 9.32. The van der Waals surface area contributed by atoms with Crippen LogP contribution in [0.25, 0.3) is 10.8 Å². The molecule has 1 amide bonds. The van der Waals surface area contributed by atoms with Crippen molar-refractivity contribution in [3.05, 3.63) is 47.2 Å². The molecule has 1 saturated heterocycles. The number of nitrogens with zero attached hydrogens (tertiary/aromatic N) is 3.